The van der Waals surface area contributed by atoms with Crippen LogP contribution >= 0.6 is 0 Å². The summed E-state index contributed by atoms with van der Waals surface area (Å²) in [7, 11) is 0. The zero-order valence-corrected chi connectivity index (χ0v) is 32.0. The lowest BCUT2D eigenvalue weighted by Gasteiger charge is -2.59. The van der Waals surface area contributed by atoms with Crippen LogP contribution in [-0.2, 0) is 33.4 Å². The Labute approximate surface area is 311 Å². The molecule has 4 aliphatic carbocycles. The van der Waals surface area contributed by atoms with Crippen LogP contribution < -0.4 is 0 Å². The van der Waals surface area contributed by atoms with Gasteiger partial charge in [0.1, 0.15) is 5.60 Å². The maximum atomic E-state index is 13.5. The number of ketones is 2. The number of fused-ring (bicyclic) bond motifs is 5. The molecule has 3 saturated carbocycles. The Balaban J connectivity index is 1.09. The fourth-order valence-electron chi connectivity index (χ4n) is 9.90. The molecule has 0 saturated heterocycles. The van der Waals surface area contributed by atoms with Crippen molar-refractivity contribution in [2.75, 3.05) is 6.61 Å². The molecule has 9 heteroatoms. The zero-order valence-electron chi connectivity index (χ0n) is 32.0. The third-order valence-corrected chi connectivity index (χ3v) is 12.9. The van der Waals surface area contributed by atoms with Gasteiger partial charge in [0.2, 0.25) is 5.78 Å². The number of rotatable bonds is 21. The summed E-state index contributed by atoms with van der Waals surface area (Å²) in [5.41, 5.74) is -2.09. The summed E-state index contributed by atoms with van der Waals surface area (Å²) in [5.74, 6) is -2.95. The molecule has 0 aromatic carbocycles. The molecule has 7 atom stereocenters. The molecule has 0 aromatic heterocycles. The van der Waals surface area contributed by atoms with Crippen molar-refractivity contribution < 1.29 is 43.7 Å². The highest BCUT2D eigenvalue weighted by Gasteiger charge is 2.68. The van der Waals surface area contributed by atoms with Crippen LogP contribution in [0.4, 0.5) is 0 Å². The summed E-state index contributed by atoms with van der Waals surface area (Å²) in [6.07, 6.45) is 25.9. The largest absolute Gasteiger partial charge is 0.458 e. The highest BCUT2D eigenvalue weighted by atomic mass is 16.6. The van der Waals surface area contributed by atoms with Crippen molar-refractivity contribution in [2.45, 2.75) is 167 Å². The van der Waals surface area contributed by atoms with E-state index < -0.39 is 52.8 Å². The molecule has 0 aromatic rings. The molecular formula is C43H64O9. The average Bonchev–Trinajstić information content (AvgIpc) is 3.38. The third-order valence-electron chi connectivity index (χ3n) is 12.9. The van der Waals surface area contributed by atoms with Gasteiger partial charge in [0.05, 0.1) is 18.9 Å². The number of aliphatic hydroxyl groups is 2. The highest BCUT2D eigenvalue weighted by molar-refractivity contribution is 6.01. The van der Waals surface area contributed by atoms with Crippen molar-refractivity contribution >= 4 is 29.5 Å². The Morgan fingerprint density at radius 1 is 0.846 bits per heavy atom. The van der Waals surface area contributed by atoms with E-state index in [1.807, 2.05) is 13.0 Å². The number of aliphatic hydroxyl groups excluding tert-OH is 1. The Morgan fingerprint density at radius 3 is 2.15 bits per heavy atom. The van der Waals surface area contributed by atoms with E-state index in [2.05, 4.69) is 26.0 Å². The molecule has 0 unspecified atom stereocenters. The van der Waals surface area contributed by atoms with Gasteiger partial charge in [-0.3, -0.25) is 24.0 Å². The molecule has 0 radical (unpaired) electrons. The van der Waals surface area contributed by atoms with Crippen molar-refractivity contribution in [3.63, 3.8) is 0 Å². The van der Waals surface area contributed by atoms with Crippen molar-refractivity contribution in [1.82, 2.24) is 0 Å². The molecule has 2 N–H and O–H groups in total. The summed E-state index contributed by atoms with van der Waals surface area (Å²) in [5, 5.41) is 23.4. The Bertz CT molecular complexity index is 1360. The molecule has 0 amide bonds. The van der Waals surface area contributed by atoms with E-state index in [1.54, 1.807) is 12.2 Å². The summed E-state index contributed by atoms with van der Waals surface area (Å²) in [4.78, 5) is 62.3. The van der Waals surface area contributed by atoms with Crippen molar-refractivity contribution in [1.29, 1.82) is 0 Å². The highest BCUT2D eigenvalue weighted by Crippen LogP contribution is 2.67. The van der Waals surface area contributed by atoms with Gasteiger partial charge in [0.25, 0.3) is 0 Å². The van der Waals surface area contributed by atoms with Crippen LogP contribution in [-0.4, -0.2) is 58.0 Å². The average molecular weight is 725 g/mol. The number of allylic oxidation sites excluding steroid dienone is 6. The van der Waals surface area contributed by atoms with Crippen molar-refractivity contribution in [3.05, 3.63) is 36.0 Å². The molecule has 52 heavy (non-hydrogen) atoms. The minimum atomic E-state index is -1.77. The van der Waals surface area contributed by atoms with Crippen LogP contribution in [0.25, 0.3) is 0 Å². The monoisotopic (exact) mass is 724 g/mol. The molecule has 3 fully saturated rings. The number of Topliss-reactive ketones (excluding diaryl/α,β-unsaturated/α-hetero) is 1. The second kappa shape index (κ2) is 19.4. The number of unbranched alkanes of at least 4 members (excludes halogenated alkanes) is 11. The predicted molar refractivity (Wildman–Crippen MR) is 199 cm³/mol. The molecular weight excluding hydrogens is 660 g/mol. The van der Waals surface area contributed by atoms with Crippen LogP contribution in [0.15, 0.2) is 36.0 Å². The topological polar surface area (TPSA) is 144 Å². The number of esters is 3. The quantitative estimate of drug-likeness (QED) is 0.0521. The molecule has 0 aliphatic heterocycles. The van der Waals surface area contributed by atoms with Crippen molar-refractivity contribution in [3.8, 4) is 0 Å². The van der Waals surface area contributed by atoms with Gasteiger partial charge in [-0.05, 0) is 88.2 Å². The third kappa shape index (κ3) is 10.2. The minimum absolute atomic E-state index is 0.0194. The summed E-state index contributed by atoms with van der Waals surface area (Å²) in [6.45, 7) is 5.53. The van der Waals surface area contributed by atoms with E-state index in [1.165, 1.54) is 38.5 Å². The van der Waals surface area contributed by atoms with Crippen LogP contribution in [0.3, 0.4) is 0 Å². The van der Waals surface area contributed by atoms with Crippen LogP contribution in [0.1, 0.15) is 156 Å². The lowest BCUT2D eigenvalue weighted by molar-refractivity contribution is -0.181. The Kier molecular flexibility index (Phi) is 15.6. The molecule has 0 heterocycles. The number of ether oxygens (including phenoxy) is 2. The number of hydrogen-bond acceptors (Lipinski definition) is 9. The lowest BCUT2D eigenvalue weighted by Crippen LogP contribution is -2.61. The van der Waals surface area contributed by atoms with Gasteiger partial charge in [0, 0.05) is 23.2 Å². The standard InChI is InChI=1S/C43H64O9/c1-4-5-6-7-8-9-10-11-12-13-14-15-16-17-18-19-38(48)52-39(49)23-22-37(47)51-30-36(46)43(50)27-25-34-33-21-20-31-28-32(44)24-26-41(31,2)40(33)35(45)29-42(34,43)3/h11-12,24,26,28,33-35,40,45,50H,4-10,13-23,25,27,29-30H2,1-3H3/b12-11-/t33-,34-,35-,40+,41-,42-,43-/m0/s1. The fourth-order valence-corrected chi connectivity index (χ4v) is 9.90. The van der Waals surface area contributed by atoms with Gasteiger partial charge in [0.15, 0.2) is 12.4 Å². The molecule has 0 spiro atoms. The molecule has 0 bridgehead atoms. The van der Waals surface area contributed by atoms with Gasteiger partial charge in [-0.2, -0.15) is 0 Å². The first-order valence-corrected chi connectivity index (χ1v) is 20.3. The molecule has 4 aliphatic rings. The first kappa shape index (κ1) is 41.8. The summed E-state index contributed by atoms with van der Waals surface area (Å²) >= 11 is 0. The molecule has 290 valence electrons. The van der Waals surface area contributed by atoms with Crippen LogP contribution in [0, 0.1) is 28.6 Å². The molecule has 4 rings (SSSR count). The van der Waals surface area contributed by atoms with Crippen LogP contribution in [0.5, 0.6) is 0 Å². The van der Waals surface area contributed by atoms with Crippen molar-refractivity contribution in [2.24, 2.45) is 28.6 Å². The van der Waals surface area contributed by atoms with E-state index >= 15 is 0 Å². The van der Waals surface area contributed by atoms with Gasteiger partial charge in [-0.15, -0.1) is 0 Å². The number of carbonyl (C=O) groups excluding carboxylic acids is 5. The first-order chi connectivity index (χ1) is 24.9. The van der Waals surface area contributed by atoms with E-state index in [0.717, 1.165) is 56.9 Å². The summed E-state index contributed by atoms with van der Waals surface area (Å²) < 4.78 is 10.1. The van der Waals surface area contributed by atoms with Gasteiger partial charge in [-0.25, -0.2) is 0 Å². The second-order valence-corrected chi connectivity index (χ2v) is 16.4. The normalized spacial score (nSPS) is 30.7. The van der Waals surface area contributed by atoms with Gasteiger partial charge in [-0.1, -0.05) is 95.9 Å². The lowest BCUT2D eigenvalue weighted by atomic mass is 9.46. The first-order valence-electron chi connectivity index (χ1n) is 20.3. The smallest absolute Gasteiger partial charge is 0.314 e. The van der Waals surface area contributed by atoms with Crippen LogP contribution in [0.2, 0.25) is 0 Å². The maximum Gasteiger partial charge on any atom is 0.314 e. The number of hydrogen-bond donors (Lipinski definition) is 2. The molecule has 9 nitrogen and oxygen atoms in total. The second-order valence-electron chi connectivity index (χ2n) is 16.4. The Hall–Kier alpha value is -2.91. The zero-order chi connectivity index (χ0) is 37.8. The predicted octanol–water partition coefficient (Wildman–Crippen LogP) is 8.00. The fraction of sp³-hybridized carbons (Fsp3) is 0.744. The van der Waals surface area contributed by atoms with E-state index in [9.17, 15) is 34.2 Å². The van der Waals surface area contributed by atoms with Gasteiger partial charge < -0.3 is 19.7 Å². The van der Waals surface area contributed by atoms with E-state index in [4.69, 9.17) is 9.47 Å². The Morgan fingerprint density at radius 2 is 1.46 bits per heavy atom. The van der Waals surface area contributed by atoms with E-state index in [-0.39, 0.29) is 55.6 Å². The summed E-state index contributed by atoms with van der Waals surface area (Å²) in [6, 6.07) is 0. The SMILES string of the molecule is CCCCCCCC/C=C\CCCCCCCC(=O)OC(=O)CCC(=O)OCC(=O)[C@@]1(O)CC[C@H]2[C@@H]3CCC4=CC(=O)C=C[C@]4(C)[C@H]3[C@@H](O)C[C@@]21C. The van der Waals surface area contributed by atoms with E-state index in [0.29, 0.717) is 12.8 Å². The maximum absolute atomic E-state index is 13.5. The number of carbonyl (C=O) groups is 5. The minimum Gasteiger partial charge on any atom is -0.458 e. The van der Waals surface area contributed by atoms with Gasteiger partial charge >= 0.3 is 17.9 Å².